The molecule has 0 atom stereocenters. The molecule has 0 aliphatic heterocycles. The molecule has 0 saturated heterocycles. The number of phenols is 1. The van der Waals surface area contributed by atoms with Gasteiger partial charge in [-0.25, -0.2) is 38.7 Å². The number of fused-ring (bicyclic) bond motifs is 1. The highest BCUT2D eigenvalue weighted by atomic mass is 32.2. The highest BCUT2D eigenvalue weighted by molar-refractivity contribution is 7.93. The van der Waals surface area contributed by atoms with Crippen molar-refractivity contribution in [2.24, 2.45) is 10.2 Å². The average Bonchev–Trinajstić information content (AvgIpc) is 3.20. The van der Waals surface area contributed by atoms with Gasteiger partial charge in [0.05, 0.1) is 37.9 Å². The van der Waals surface area contributed by atoms with Gasteiger partial charge < -0.3 is 14.6 Å². The van der Waals surface area contributed by atoms with Crippen molar-refractivity contribution < 1.29 is 58.0 Å². The number of aromatic hydroxyl groups is 1. The molecule has 0 unspecified atom stereocenters. The third-order valence-electron chi connectivity index (χ3n) is 8.46. The predicted molar refractivity (Wildman–Crippen MR) is 226 cm³/mol. The van der Waals surface area contributed by atoms with E-state index in [-0.39, 0.29) is 50.6 Å². The van der Waals surface area contributed by atoms with Crippen LogP contribution >= 0.6 is 0 Å². The highest BCUT2D eigenvalue weighted by Crippen LogP contribution is 2.43. The Labute approximate surface area is 355 Å². The Kier molecular flexibility index (Phi) is 13.7. The molecule has 20 nitrogen and oxygen atoms in total. The summed E-state index contributed by atoms with van der Waals surface area (Å²) in [5.74, 6) is -1.55. The van der Waals surface area contributed by atoms with E-state index in [9.17, 15) is 58.2 Å². The maximum absolute atomic E-state index is 14.1. The number of nitro groups is 1. The van der Waals surface area contributed by atoms with Crippen LogP contribution in [0.2, 0.25) is 0 Å². The van der Waals surface area contributed by atoms with E-state index in [4.69, 9.17) is 0 Å². The number of sulfone groups is 1. The molecule has 0 aliphatic carbocycles. The molecule has 5 aromatic carbocycles. The second-order valence-corrected chi connectivity index (χ2v) is 19.8. The lowest BCUT2D eigenvalue weighted by Gasteiger charge is -2.23. The number of carbonyl (C=O) groups is 1. The molecule has 0 radical (unpaired) electrons. The standard InChI is InChI=1S/C33H30N6O13S4.C5H5N/c1-4-38(21-11-14-23(15-12-21)56(50,51)52)33(41)26-19-29(35-34-27-16-13-22(39(42)43)18-30(27)53(2,44)45)31-25(32(26)40)9-6-10-28(31)37-55(48,49)24-8-5-7-20(17-24)36-54(3,46)47;1-2-4-6-5-3-1/h5-19,36-37,40H,4H2,1-3H3,(H,50,51,52);1-5H. The fraction of sp³-hybridized carbons (Fsp3) is 0.105. The number of hydrogen-bond acceptors (Lipinski definition) is 15. The van der Waals surface area contributed by atoms with Gasteiger partial charge in [0.15, 0.2) is 22.2 Å². The van der Waals surface area contributed by atoms with Gasteiger partial charge in [-0.1, -0.05) is 24.3 Å². The number of H-pyrrole nitrogens is 1. The Balaban J connectivity index is 0.00000111. The first-order chi connectivity index (χ1) is 29.0. The second kappa shape index (κ2) is 18.4. The summed E-state index contributed by atoms with van der Waals surface area (Å²) in [6, 6.07) is 22.7. The number of nitro benzene ring substituents is 1. The SMILES string of the molecule is CCN(C(=O)c1cc(N=Nc2ccc([N+](=O)[O-])cc2S(C)(=O)=O)c2c(NS(=O)(=O)c3cccc(NS(C)(=O)=O)c3)cccc2c1O)c1ccc(S(=O)(=O)[O-])cc1.c1cc[nH+]cc1. The minimum absolute atomic E-state index is 0.0513. The maximum atomic E-state index is 14.1. The van der Waals surface area contributed by atoms with Crippen LogP contribution in [-0.2, 0) is 40.0 Å². The van der Waals surface area contributed by atoms with Crippen LogP contribution in [-0.4, -0.2) is 73.2 Å². The van der Waals surface area contributed by atoms with Crippen molar-refractivity contribution in [3.8, 4) is 5.75 Å². The summed E-state index contributed by atoms with van der Waals surface area (Å²) < 4.78 is 115. The van der Waals surface area contributed by atoms with Gasteiger partial charge in [0, 0.05) is 59.2 Å². The molecule has 0 saturated carbocycles. The molecular formula is C38H35N7O13S4. The van der Waals surface area contributed by atoms with E-state index < -0.39 is 77.6 Å². The molecule has 62 heavy (non-hydrogen) atoms. The molecule has 1 aromatic heterocycles. The Morgan fingerprint density at radius 2 is 1.42 bits per heavy atom. The highest BCUT2D eigenvalue weighted by Gasteiger charge is 2.26. The molecule has 1 amide bonds. The number of rotatable bonds is 13. The number of aromatic amines is 1. The van der Waals surface area contributed by atoms with E-state index >= 15 is 0 Å². The summed E-state index contributed by atoms with van der Waals surface area (Å²) in [6.07, 6.45) is 5.40. The number of aromatic nitrogens is 1. The number of benzene rings is 5. The zero-order chi connectivity index (χ0) is 45.6. The number of carbonyl (C=O) groups excluding carboxylic acids is 1. The van der Waals surface area contributed by atoms with Crippen molar-refractivity contribution in [1.29, 1.82) is 0 Å². The van der Waals surface area contributed by atoms with Gasteiger partial charge in [0.2, 0.25) is 10.0 Å². The number of non-ortho nitro benzene ring substituents is 1. The minimum atomic E-state index is -4.82. The topological polar surface area (TPSA) is 306 Å². The Morgan fingerprint density at radius 3 is 1.97 bits per heavy atom. The number of hydrogen-bond donors (Lipinski definition) is 3. The Morgan fingerprint density at radius 1 is 0.774 bits per heavy atom. The van der Waals surface area contributed by atoms with E-state index in [1.807, 2.05) is 30.6 Å². The van der Waals surface area contributed by atoms with Crippen LogP contribution in [0.15, 0.2) is 147 Å². The smallest absolute Gasteiger partial charge is 0.270 e. The van der Waals surface area contributed by atoms with Crippen molar-refractivity contribution in [2.45, 2.75) is 21.6 Å². The first kappa shape index (κ1) is 46.2. The van der Waals surface area contributed by atoms with Crippen LogP contribution in [0.3, 0.4) is 0 Å². The van der Waals surface area contributed by atoms with Crippen molar-refractivity contribution in [3.63, 3.8) is 0 Å². The molecule has 4 N–H and O–H groups in total. The summed E-state index contributed by atoms with van der Waals surface area (Å²) in [5, 5.41) is 30.8. The normalized spacial score (nSPS) is 12.0. The lowest BCUT2D eigenvalue weighted by atomic mass is 10.0. The third-order valence-corrected chi connectivity index (χ3v) is 12.4. The average molecular weight is 926 g/mol. The van der Waals surface area contributed by atoms with Crippen molar-refractivity contribution in [1.82, 2.24) is 0 Å². The van der Waals surface area contributed by atoms with Gasteiger partial charge in [-0.15, -0.1) is 10.2 Å². The van der Waals surface area contributed by atoms with Gasteiger partial charge in [-0.2, -0.15) is 0 Å². The molecule has 6 aromatic rings. The minimum Gasteiger partial charge on any atom is -0.744 e. The van der Waals surface area contributed by atoms with E-state index in [0.29, 0.717) is 0 Å². The van der Waals surface area contributed by atoms with Crippen molar-refractivity contribution in [2.75, 3.05) is 33.4 Å². The molecule has 324 valence electrons. The Hall–Kier alpha value is -6.86. The Bertz CT molecular complexity index is 3140. The van der Waals surface area contributed by atoms with E-state index in [1.165, 1.54) is 48.5 Å². The number of amides is 1. The van der Waals surface area contributed by atoms with Crippen LogP contribution < -0.4 is 19.3 Å². The molecule has 24 heteroatoms. The van der Waals surface area contributed by atoms with Crippen LogP contribution in [0, 0.1) is 10.1 Å². The number of pyridine rings is 1. The van der Waals surface area contributed by atoms with E-state index in [1.54, 1.807) is 6.92 Å². The number of azo groups is 1. The van der Waals surface area contributed by atoms with Crippen molar-refractivity contribution >= 4 is 90.8 Å². The number of phenolic OH excluding ortho intramolecular Hbond substituents is 1. The second-order valence-electron chi connectivity index (χ2n) is 13.0. The molecule has 0 bridgehead atoms. The van der Waals surface area contributed by atoms with Crippen LogP contribution in [0.5, 0.6) is 5.75 Å². The zero-order valence-corrected chi connectivity index (χ0v) is 35.8. The molecule has 0 aliphatic rings. The molecule has 1 heterocycles. The summed E-state index contributed by atoms with van der Waals surface area (Å²) in [7, 11) is -17.3. The van der Waals surface area contributed by atoms with Gasteiger partial charge >= 0.3 is 0 Å². The number of nitrogens with zero attached hydrogens (tertiary/aromatic N) is 4. The molecular weight excluding hydrogens is 891 g/mol. The summed E-state index contributed by atoms with van der Waals surface area (Å²) >= 11 is 0. The zero-order valence-electron chi connectivity index (χ0n) is 32.5. The monoisotopic (exact) mass is 925 g/mol. The molecule has 6 rings (SSSR count). The van der Waals surface area contributed by atoms with Crippen LogP contribution in [0.4, 0.5) is 34.1 Å². The summed E-state index contributed by atoms with van der Waals surface area (Å²) in [5.41, 5.74) is -1.87. The van der Waals surface area contributed by atoms with Gasteiger partial charge in [-0.05, 0) is 67.6 Å². The largest absolute Gasteiger partial charge is 0.744 e. The van der Waals surface area contributed by atoms with Gasteiger partial charge in [-0.3, -0.25) is 24.4 Å². The maximum Gasteiger partial charge on any atom is 0.270 e. The number of nitrogens with one attached hydrogen (secondary N) is 3. The lowest BCUT2D eigenvalue weighted by molar-refractivity contribution is -0.385. The lowest BCUT2D eigenvalue weighted by Crippen LogP contribution is -2.30. The first-order valence-corrected chi connectivity index (χ1v) is 24.3. The third kappa shape index (κ3) is 11.3. The van der Waals surface area contributed by atoms with E-state index in [0.717, 1.165) is 59.9 Å². The van der Waals surface area contributed by atoms with Crippen LogP contribution in [0.1, 0.15) is 17.3 Å². The summed E-state index contributed by atoms with van der Waals surface area (Å²) in [4.78, 5) is 27.1. The van der Waals surface area contributed by atoms with Crippen LogP contribution in [0.25, 0.3) is 10.8 Å². The quantitative estimate of drug-likeness (QED) is 0.0557. The van der Waals surface area contributed by atoms with Crippen molar-refractivity contribution in [3.05, 3.63) is 137 Å². The summed E-state index contributed by atoms with van der Waals surface area (Å²) in [6.45, 7) is 1.51. The molecule has 0 spiro atoms. The first-order valence-electron chi connectivity index (χ1n) is 17.6. The van der Waals surface area contributed by atoms with Gasteiger partial charge in [0.1, 0.15) is 26.5 Å². The fourth-order valence-corrected chi connectivity index (χ4v) is 8.71. The van der Waals surface area contributed by atoms with Gasteiger partial charge in [0.25, 0.3) is 21.6 Å². The number of sulfonamides is 2. The fourth-order valence-electron chi connectivity index (χ4n) is 5.75. The predicted octanol–water partition coefficient (Wildman–Crippen LogP) is 5.52. The van der Waals surface area contributed by atoms with E-state index in [2.05, 4.69) is 24.7 Å². The molecule has 0 fully saturated rings. The number of anilines is 3.